The molecule has 1 N–H and O–H groups in total. The minimum atomic E-state index is -0.411. The predicted molar refractivity (Wildman–Crippen MR) is 84.0 cm³/mol. The second-order valence-electron chi connectivity index (χ2n) is 4.33. The second kappa shape index (κ2) is 5.68. The lowest BCUT2D eigenvalue weighted by atomic mass is 10.2. The maximum Gasteiger partial charge on any atom is 0.275 e. The first-order valence-corrected chi connectivity index (χ1v) is 6.87. The summed E-state index contributed by atoms with van der Waals surface area (Å²) in [5.41, 5.74) is 1.59. The number of fused-ring (bicyclic) bond motifs is 1. The summed E-state index contributed by atoms with van der Waals surface area (Å²) < 4.78 is 0. The SMILES string of the molecule is O=C(Nc1ccc2ncccc2c1)c1nc(Cl)ccc1Cl. The number of nitrogens with zero attached hydrogens (tertiary/aromatic N) is 2. The van der Waals surface area contributed by atoms with Crippen molar-refractivity contribution in [1.82, 2.24) is 9.97 Å². The van der Waals surface area contributed by atoms with E-state index < -0.39 is 5.91 Å². The summed E-state index contributed by atoms with van der Waals surface area (Å²) in [5.74, 6) is -0.411. The van der Waals surface area contributed by atoms with Crippen LogP contribution in [-0.4, -0.2) is 15.9 Å². The van der Waals surface area contributed by atoms with Gasteiger partial charge in [-0.2, -0.15) is 0 Å². The van der Waals surface area contributed by atoms with Crippen LogP contribution in [0.15, 0.2) is 48.7 Å². The van der Waals surface area contributed by atoms with Gasteiger partial charge in [0.2, 0.25) is 0 Å². The Morgan fingerprint density at radius 2 is 1.95 bits per heavy atom. The monoisotopic (exact) mass is 317 g/mol. The number of carbonyl (C=O) groups is 1. The molecule has 0 bridgehead atoms. The lowest BCUT2D eigenvalue weighted by Crippen LogP contribution is -2.14. The minimum absolute atomic E-state index is 0.0930. The number of anilines is 1. The van der Waals surface area contributed by atoms with Gasteiger partial charge in [-0.15, -0.1) is 0 Å². The number of pyridine rings is 2. The standard InChI is InChI=1S/C15H9Cl2N3O/c16-11-4-6-13(17)20-14(11)15(21)19-10-3-5-12-9(8-10)2-1-7-18-12/h1-8H,(H,19,21). The van der Waals surface area contributed by atoms with Crippen LogP contribution in [0.2, 0.25) is 10.2 Å². The Hall–Kier alpha value is -2.17. The molecule has 1 aromatic carbocycles. The number of nitrogens with one attached hydrogen (secondary N) is 1. The molecule has 6 heteroatoms. The van der Waals surface area contributed by atoms with E-state index in [1.807, 2.05) is 24.3 Å². The quantitative estimate of drug-likeness (QED) is 0.721. The molecule has 0 saturated heterocycles. The van der Waals surface area contributed by atoms with Crippen LogP contribution in [0.25, 0.3) is 10.9 Å². The first-order valence-electron chi connectivity index (χ1n) is 6.12. The van der Waals surface area contributed by atoms with Gasteiger partial charge in [0.15, 0.2) is 0 Å². The van der Waals surface area contributed by atoms with E-state index in [1.165, 1.54) is 12.1 Å². The molecule has 0 aliphatic carbocycles. The minimum Gasteiger partial charge on any atom is -0.321 e. The third-order valence-corrected chi connectivity index (χ3v) is 3.40. The normalized spacial score (nSPS) is 10.6. The molecule has 1 amide bonds. The summed E-state index contributed by atoms with van der Waals surface area (Å²) in [6, 6.07) is 12.3. The van der Waals surface area contributed by atoms with Gasteiger partial charge in [0, 0.05) is 17.3 Å². The predicted octanol–water partition coefficient (Wildman–Crippen LogP) is 4.19. The third-order valence-electron chi connectivity index (χ3n) is 2.89. The summed E-state index contributed by atoms with van der Waals surface area (Å²) in [6.45, 7) is 0. The van der Waals surface area contributed by atoms with Crippen LogP contribution in [0.4, 0.5) is 5.69 Å². The number of hydrogen-bond donors (Lipinski definition) is 1. The Bertz CT molecular complexity index is 836. The highest BCUT2D eigenvalue weighted by atomic mass is 35.5. The molecule has 0 aliphatic heterocycles. The number of rotatable bonds is 2. The molecular weight excluding hydrogens is 309 g/mol. The van der Waals surface area contributed by atoms with Crippen molar-refractivity contribution in [2.45, 2.75) is 0 Å². The van der Waals surface area contributed by atoms with Crippen molar-refractivity contribution >= 4 is 45.7 Å². The van der Waals surface area contributed by atoms with E-state index in [4.69, 9.17) is 23.2 Å². The van der Waals surface area contributed by atoms with Crippen molar-refractivity contribution in [2.75, 3.05) is 5.32 Å². The third kappa shape index (κ3) is 2.96. The number of benzene rings is 1. The van der Waals surface area contributed by atoms with Crippen molar-refractivity contribution in [3.8, 4) is 0 Å². The topological polar surface area (TPSA) is 54.9 Å². The first kappa shape index (κ1) is 13.8. The molecule has 4 nitrogen and oxygen atoms in total. The van der Waals surface area contributed by atoms with Gasteiger partial charge in [-0.25, -0.2) is 4.98 Å². The molecule has 0 atom stereocenters. The summed E-state index contributed by atoms with van der Waals surface area (Å²) in [4.78, 5) is 20.4. The van der Waals surface area contributed by atoms with E-state index in [2.05, 4.69) is 15.3 Å². The molecular formula is C15H9Cl2N3O. The fraction of sp³-hybridized carbons (Fsp3) is 0. The van der Waals surface area contributed by atoms with Gasteiger partial charge in [0.25, 0.3) is 5.91 Å². The van der Waals surface area contributed by atoms with Gasteiger partial charge < -0.3 is 5.32 Å². The van der Waals surface area contributed by atoms with E-state index in [9.17, 15) is 4.79 Å². The molecule has 21 heavy (non-hydrogen) atoms. The van der Waals surface area contributed by atoms with Gasteiger partial charge in [0.1, 0.15) is 10.8 Å². The van der Waals surface area contributed by atoms with Crippen LogP contribution < -0.4 is 5.32 Å². The Morgan fingerprint density at radius 3 is 2.81 bits per heavy atom. The highest BCUT2D eigenvalue weighted by molar-refractivity contribution is 6.35. The van der Waals surface area contributed by atoms with E-state index >= 15 is 0 Å². The van der Waals surface area contributed by atoms with E-state index in [1.54, 1.807) is 12.3 Å². The maximum atomic E-state index is 12.2. The summed E-state index contributed by atoms with van der Waals surface area (Å²) >= 11 is 11.7. The zero-order chi connectivity index (χ0) is 14.8. The Kier molecular flexibility index (Phi) is 3.73. The summed E-state index contributed by atoms with van der Waals surface area (Å²) in [5, 5.41) is 4.14. The zero-order valence-corrected chi connectivity index (χ0v) is 12.2. The van der Waals surface area contributed by atoms with Crippen LogP contribution in [0.3, 0.4) is 0 Å². The second-order valence-corrected chi connectivity index (χ2v) is 5.12. The molecule has 0 saturated carbocycles. The van der Waals surface area contributed by atoms with Crippen LogP contribution >= 0.6 is 23.2 Å². The van der Waals surface area contributed by atoms with Crippen LogP contribution in [0.5, 0.6) is 0 Å². The molecule has 2 aromatic heterocycles. The van der Waals surface area contributed by atoms with Crippen molar-refractivity contribution in [3.05, 3.63) is 64.5 Å². The molecule has 2 heterocycles. The number of carbonyl (C=O) groups excluding carboxylic acids is 1. The van der Waals surface area contributed by atoms with Gasteiger partial charge in [0.05, 0.1) is 10.5 Å². The van der Waals surface area contributed by atoms with Gasteiger partial charge in [-0.3, -0.25) is 9.78 Å². The molecule has 0 radical (unpaired) electrons. The largest absolute Gasteiger partial charge is 0.321 e. The number of hydrogen-bond acceptors (Lipinski definition) is 3. The van der Waals surface area contributed by atoms with Gasteiger partial charge in [-0.05, 0) is 36.4 Å². The van der Waals surface area contributed by atoms with Crippen LogP contribution in [0, 0.1) is 0 Å². The fourth-order valence-electron chi connectivity index (χ4n) is 1.92. The van der Waals surface area contributed by atoms with Crippen molar-refractivity contribution < 1.29 is 4.79 Å². The van der Waals surface area contributed by atoms with Gasteiger partial charge in [-0.1, -0.05) is 29.3 Å². The average molecular weight is 318 g/mol. The van der Waals surface area contributed by atoms with Crippen LogP contribution in [-0.2, 0) is 0 Å². The van der Waals surface area contributed by atoms with E-state index in [-0.39, 0.29) is 15.9 Å². The van der Waals surface area contributed by atoms with Crippen molar-refractivity contribution in [3.63, 3.8) is 0 Å². The number of aromatic nitrogens is 2. The van der Waals surface area contributed by atoms with Crippen LogP contribution in [0.1, 0.15) is 10.5 Å². The Morgan fingerprint density at radius 1 is 1.10 bits per heavy atom. The lowest BCUT2D eigenvalue weighted by molar-refractivity contribution is 0.102. The molecule has 0 fully saturated rings. The molecule has 0 unspecified atom stereocenters. The molecule has 0 spiro atoms. The zero-order valence-electron chi connectivity index (χ0n) is 10.7. The molecule has 3 rings (SSSR count). The van der Waals surface area contributed by atoms with E-state index in [0.29, 0.717) is 5.69 Å². The number of halogens is 2. The lowest BCUT2D eigenvalue weighted by Gasteiger charge is -2.07. The van der Waals surface area contributed by atoms with E-state index in [0.717, 1.165) is 10.9 Å². The highest BCUT2D eigenvalue weighted by Crippen LogP contribution is 2.20. The highest BCUT2D eigenvalue weighted by Gasteiger charge is 2.13. The Balaban J connectivity index is 1.90. The van der Waals surface area contributed by atoms with Crippen molar-refractivity contribution in [2.24, 2.45) is 0 Å². The summed E-state index contributed by atoms with van der Waals surface area (Å²) in [7, 11) is 0. The fourth-order valence-corrected chi connectivity index (χ4v) is 2.26. The molecule has 3 aromatic rings. The van der Waals surface area contributed by atoms with Gasteiger partial charge >= 0.3 is 0 Å². The number of amides is 1. The smallest absolute Gasteiger partial charge is 0.275 e. The molecule has 104 valence electrons. The maximum absolute atomic E-state index is 12.2. The molecule has 0 aliphatic rings. The first-order chi connectivity index (χ1) is 10.1. The summed E-state index contributed by atoms with van der Waals surface area (Å²) in [6.07, 6.45) is 1.72. The van der Waals surface area contributed by atoms with Crippen molar-refractivity contribution in [1.29, 1.82) is 0 Å². The average Bonchev–Trinajstić information content (AvgIpc) is 2.49. The Labute approximate surface area is 130 Å².